The van der Waals surface area contributed by atoms with E-state index in [1.165, 1.54) is 89.9 Å². The van der Waals surface area contributed by atoms with Crippen LogP contribution in [0.4, 0.5) is 0 Å². The zero-order valence-electron chi connectivity index (χ0n) is 35.9. The van der Waals surface area contributed by atoms with Gasteiger partial charge in [-0.1, -0.05) is 165 Å². The molecule has 0 aliphatic carbocycles. The van der Waals surface area contributed by atoms with E-state index in [2.05, 4.69) is 55.6 Å². The van der Waals surface area contributed by atoms with Crippen LogP contribution in [-0.4, -0.2) is 98.7 Å². The summed E-state index contributed by atoms with van der Waals surface area (Å²) in [5.74, 6) is -0.637. The van der Waals surface area contributed by atoms with Crippen molar-refractivity contribution in [2.24, 2.45) is 0 Å². The number of hydrogen-bond acceptors (Lipinski definition) is 9. The zero-order chi connectivity index (χ0) is 41.8. The maximum absolute atomic E-state index is 13.0. The second kappa shape index (κ2) is 37.1. The van der Waals surface area contributed by atoms with Crippen molar-refractivity contribution in [3.05, 3.63) is 48.6 Å². The van der Waals surface area contributed by atoms with Crippen molar-refractivity contribution in [2.75, 3.05) is 13.2 Å². The number of nitrogens with one attached hydrogen (secondary N) is 1. The molecule has 10 heteroatoms. The lowest BCUT2D eigenvalue weighted by Gasteiger charge is -2.40. The number of ether oxygens (including phenoxy) is 2. The van der Waals surface area contributed by atoms with E-state index in [-0.39, 0.29) is 13.0 Å². The first-order chi connectivity index (χ1) is 27.8. The molecule has 8 atom stereocenters. The Hall–Kier alpha value is -1.89. The van der Waals surface area contributed by atoms with Gasteiger partial charge in [-0.2, -0.15) is 0 Å². The highest BCUT2D eigenvalue weighted by Crippen LogP contribution is 2.22. The Morgan fingerprint density at radius 2 is 1.09 bits per heavy atom. The third-order valence-corrected chi connectivity index (χ3v) is 10.7. The van der Waals surface area contributed by atoms with Crippen molar-refractivity contribution in [1.82, 2.24) is 5.32 Å². The Kier molecular flexibility index (Phi) is 34.6. The van der Waals surface area contributed by atoms with Crippen LogP contribution in [0, 0.1) is 0 Å². The van der Waals surface area contributed by atoms with Gasteiger partial charge < -0.3 is 45.4 Å². The second-order valence-electron chi connectivity index (χ2n) is 16.0. The molecule has 0 bridgehead atoms. The summed E-state index contributed by atoms with van der Waals surface area (Å²) in [7, 11) is 0. The molecule has 0 radical (unpaired) electrons. The summed E-state index contributed by atoms with van der Waals surface area (Å²) in [5, 5.41) is 64.6. The molecule has 1 heterocycles. The predicted octanol–water partition coefficient (Wildman–Crippen LogP) is 8.42. The van der Waals surface area contributed by atoms with Gasteiger partial charge in [0.05, 0.1) is 25.4 Å². The molecule has 8 unspecified atom stereocenters. The molecular formula is C47H85NO9. The van der Waals surface area contributed by atoms with E-state index in [1.807, 2.05) is 6.08 Å². The summed E-state index contributed by atoms with van der Waals surface area (Å²) < 4.78 is 11.1. The number of amides is 1. The molecule has 0 aromatic carbocycles. The van der Waals surface area contributed by atoms with E-state index in [0.717, 1.165) is 57.8 Å². The quantitative estimate of drug-likeness (QED) is 0.0241. The number of carbonyl (C=O) groups excluding carboxylic acids is 1. The SMILES string of the molecule is CCCCC/C=C\C/C=C\CCCCCCCCC(O)C(=O)NC(COC1OC(CO)C(O)C(O)C1O)C(O)/C=C/CC/C=C/CCCCCCCCCCCC. The molecule has 7 N–H and O–H groups in total. The number of hydrogen-bond donors (Lipinski definition) is 7. The van der Waals surface area contributed by atoms with E-state index in [4.69, 9.17) is 9.47 Å². The first-order valence-electron chi connectivity index (χ1n) is 23.0. The molecule has 1 amide bonds. The summed E-state index contributed by atoms with van der Waals surface area (Å²) in [6.07, 6.45) is 36.2. The van der Waals surface area contributed by atoms with Crippen LogP contribution in [-0.2, 0) is 14.3 Å². The first-order valence-corrected chi connectivity index (χ1v) is 23.0. The Morgan fingerprint density at radius 1 is 0.614 bits per heavy atom. The second-order valence-corrected chi connectivity index (χ2v) is 16.0. The zero-order valence-corrected chi connectivity index (χ0v) is 35.9. The molecule has 0 saturated carbocycles. The van der Waals surface area contributed by atoms with Gasteiger partial charge in [-0.25, -0.2) is 0 Å². The average Bonchev–Trinajstić information content (AvgIpc) is 3.21. The van der Waals surface area contributed by atoms with Gasteiger partial charge in [0.2, 0.25) is 5.91 Å². The van der Waals surface area contributed by atoms with Gasteiger partial charge in [-0.3, -0.25) is 4.79 Å². The Bertz CT molecular complexity index is 1050. The van der Waals surface area contributed by atoms with E-state index in [9.17, 15) is 35.4 Å². The highest BCUT2D eigenvalue weighted by atomic mass is 16.7. The Labute approximate surface area is 346 Å². The molecule has 10 nitrogen and oxygen atoms in total. The van der Waals surface area contributed by atoms with Gasteiger partial charge in [0.15, 0.2) is 6.29 Å². The Morgan fingerprint density at radius 3 is 1.67 bits per heavy atom. The minimum Gasteiger partial charge on any atom is -0.394 e. The lowest BCUT2D eigenvalue weighted by Crippen LogP contribution is -2.60. The van der Waals surface area contributed by atoms with Crippen molar-refractivity contribution < 1.29 is 44.9 Å². The molecule has 1 fully saturated rings. The number of unbranched alkanes of at least 4 members (excludes halogenated alkanes) is 20. The van der Waals surface area contributed by atoms with Crippen LogP contribution in [0.2, 0.25) is 0 Å². The molecule has 0 aromatic heterocycles. The highest BCUT2D eigenvalue weighted by Gasteiger charge is 2.44. The number of aliphatic hydroxyl groups is 6. The summed E-state index contributed by atoms with van der Waals surface area (Å²) in [4.78, 5) is 13.0. The standard InChI is InChI=1S/C47H85NO9/c1-3-5-7-9-11-13-15-17-19-21-23-25-27-29-31-33-35-40(50)39(38-56-47-45(54)44(53)43(52)42(37-49)57-47)48-46(55)41(51)36-34-32-30-28-26-24-22-20-18-16-14-12-10-8-6-4-2/h12,14,18,20,25,27,33,35,39-45,47,49-54H,3-11,13,15-17,19,21-24,26,28-32,34,36-38H2,1-2H3,(H,48,55)/b14-12-,20-18-,27-25+,35-33+. The van der Waals surface area contributed by atoms with Crippen LogP contribution in [0.3, 0.4) is 0 Å². The number of rotatable bonds is 37. The van der Waals surface area contributed by atoms with Crippen molar-refractivity contribution in [3.8, 4) is 0 Å². The van der Waals surface area contributed by atoms with Crippen LogP contribution in [0.15, 0.2) is 48.6 Å². The van der Waals surface area contributed by atoms with E-state index in [0.29, 0.717) is 12.8 Å². The van der Waals surface area contributed by atoms with Crippen molar-refractivity contribution in [3.63, 3.8) is 0 Å². The molecule has 332 valence electrons. The third-order valence-electron chi connectivity index (χ3n) is 10.7. The van der Waals surface area contributed by atoms with Crippen LogP contribution < -0.4 is 5.32 Å². The first kappa shape index (κ1) is 53.1. The van der Waals surface area contributed by atoms with Crippen LogP contribution in [0.1, 0.15) is 181 Å². The largest absolute Gasteiger partial charge is 0.394 e. The third kappa shape index (κ3) is 27.5. The number of aliphatic hydroxyl groups excluding tert-OH is 6. The van der Waals surface area contributed by atoms with Gasteiger partial charge in [0.25, 0.3) is 0 Å². The Balaban J connectivity index is 2.47. The van der Waals surface area contributed by atoms with Gasteiger partial charge in [0.1, 0.15) is 30.5 Å². The lowest BCUT2D eigenvalue weighted by molar-refractivity contribution is -0.302. The van der Waals surface area contributed by atoms with E-state index >= 15 is 0 Å². The molecule has 57 heavy (non-hydrogen) atoms. The maximum Gasteiger partial charge on any atom is 0.249 e. The van der Waals surface area contributed by atoms with E-state index < -0.39 is 61.5 Å². The summed E-state index contributed by atoms with van der Waals surface area (Å²) >= 11 is 0. The minimum atomic E-state index is -1.62. The smallest absolute Gasteiger partial charge is 0.249 e. The van der Waals surface area contributed by atoms with Gasteiger partial charge in [-0.05, 0) is 64.2 Å². The van der Waals surface area contributed by atoms with Crippen molar-refractivity contribution in [2.45, 2.75) is 230 Å². The normalized spacial score (nSPS) is 22.0. The summed E-state index contributed by atoms with van der Waals surface area (Å²) in [5.41, 5.74) is 0. The van der Waals surface area contributed by atoms with Crippen LogP contribution in [0.5, 0.6) is 0 Å². The fourth-order valence-electron chi connectivity index (χ4n) is 6.91. The topological polar surface area (TPSA) is 169 Å². The van der Waals surface area contributed by atoms with Gasteiger partial charge in [0, 0.05) is 0 Å². The van der Waals surface area contributed by atoms with Gasteiger partial charge in [-0.15, -0.1) is 0 Å². The van der Waals surface area contributed by atoms with Crippen molar-refractivity contribution >= 4 is 5.91 Å². The highest BCUT2D eigenvalue weighted by molar-refractivity contribution is 5.80. The molecular weight excluding hydrogens is 723 g/mol. The predicted molar refractivity (Wildman–Crippen MR) is 232 cm³/mol. The van der Waals surface area contributed by atoms with Crippen LogP contribution in [0.25, 0.3) is 0 Å². The molecule has 1 aliphatic heterocycles. The molecule has 1 saturated heterocycles. The summed E-state index contributed by atoms with van der Waals surface area (Å²) in [6.45, 7) is 3.54. The molecule has 0 spiro atoms. The van der Waals surface area contributed by atoms with Crippen LogP contribution >= 0.6 is 0 Å². The number of carbonyl (C=O) groups is 1. The van der Waals surface area contributed by atoms with Gasteiger partial charge >= 0.3 is 0 Å². The molecule has 0 aromatic rings. The average molecular weight is 808 g/mol. The van der Waals surface area contributed by atoms with E-state index in [1.54, 1.807) is 6.08 Å². The lowest BCUT2D eigenvalue weighted by atomic mass is 9.99. The molecule has 1 rings (SSSR count). The summed E-state index contributed by atoms with van der Waals surface area (Å²) in [6, 6.07) is -1.00. The minimum absolute atomic E-state index is 0.290. The fourth-order valence-corrected chi connectivity index (χ4v) is 6.91. The molecule has 1 aliphatic rings. The maximum atomic E-state index is 13.0. The monoisotopic (exact) mass is 808 g/mol. The number of allylic oxidation sites excluding steroid dienone is 7. The van der Waals surface area contributed by atoms with Crippen molar-refractivity contribution in [1.29, 1.82) is 0 Å². The fraction of sp³-hybridized carbons (Fsp3) is 0.809.